The van der Waals surface area contributed by atoms with Crippen molar-refractivity contribution in [3.05, 3.63) is 0 Å². The lowest BCUT2D eigenvalue weighted by Crippen LogP contribution is -2.45. The average Bonchev–Trinajstić information content (AvgIpc) is 2.35. The van der Waals surface area contributed by atoms with E-state index in [0.29, 0.717) is 26.1 Å². The van der Waals surface area contributed by atoms with Crippen LogP contribution >= 0.6 is 0 Å². The Bertz CT molecular complexity index is 376. The molecular weight excluding hydrogens is 270 g/mol. The van der Waals surface area contributed by atoms with Crippen LogP contribution in [0.3, 0.4) is 0 Å². The summed E-state index contributed by atoms with van der Waals surface area (Å²) in [7, 11) is -3.29. The lowest BCUT2D eigenvalue weighted by Gasteiger charge is -2.23. The van der Waals surface area contributed by atoms with Crippen LogP contribution < -0.4 is 5.32 Å². The Balaban J connectivity index is 2.49. The van der Waals surface area contributed by atoms with Crippen LogP contribution in [0.1, 0.15) is 33.1 Å². The van der Waals surface area contributed by atoms with Crippen LogP contribution in [0, 0.1) is 0 Å². The summed E-state index contributed by atoms with van der Waals surface area (Å²) < 4.78 is 34.2. The van der Waals surface area contributed by atoms with Gasteiger partial charge < -0.3 is 14.8 Å². The molecule has 6 nitrogen and oxygen atoms in total. The number of hydrogen-bond donors (Lipinski definition) is 1. The predicted octanol–water partition coefficient (Wildman–Crippen LogP) is 0.469. The second kappa shape index (κ2) is 7.81. The standard InChI is InChI=1S/C12H23NO5S/c1-3-17-11(18-4-2)9-13-12(14)10-7-5-6-8-19(10,15)16/h10-11H,3-9H2,1-2H3,(H,13,14). The van der Waals surface area contributed by atoms with Crippen LogP contribution in [0.15, 0.2) is 0 Å². The number of carbonyl (C=O) groups excluding carboxylic acids is 1. The largest absolute Gasteiger partial charge is 0.351 e. The molecule has 1 rings (SSSR count). The third-order valence-corrected chi connectivity index (χ3v) is 5.19. The summed E-state index contributed by atoms with van der Waals surface area (Å²) >= 11 is 0. The monoisotopic (exact) mass is 293 g/mol. The summed E-state index contributed by atoms with van der Waals surface area (Å²) in [6, 6.07) is 0. The maximum atomic E-state index is 11.9. The second-order valence-corrected chi connectivity index (χ2v) is 6.74. The number of hydrogen-bond acceptors (Lipinski definition) is 5. The van der Waals surface area contributed by atoms with Crippen molar-refractivity contribution >= 4 is 15.7 Å². The molecule has 0 aromatic carbocycles. The third-order valence-electron chi connectivity index (χ3n) is 3.02. The fourth-order valence-electron chi connectivity index (χ4n) is 2.08. The lowest BCUT2D eigenvalue weighted by atomic mass is 10.2. The number of nitrogens with one attached hydrogen (secondary N) is 1. The van der Waals surface area contributed by atoms with Gasteiger partial charge in [0, 0.05) is 13.2 Å². The SMILES string of the molecule is CCOC(CNC(=O)C1CCCCS1(=O)=O)OCC. The zero-order valence-corrected chi connectivity index (χ0v) is 12.4. The number of rotatable bonds is 7. The molecule has 1 saturated heterocycles. The highest BCUT2D eigenvalue weighted by atomic mass is 32.2. The van der Waals surface area contributed by atoms with Crippen LogP contribution in [0.2, 0.25) is 0 Å². The molecule has 0 saturated carbocycles. The van der Waals surface area contributed by atoms with Gasteiger partial charge in [0.25, 0.3) is 0 Å². The van der Waals surface area contributed by atoms with E-state index in [4.69, 9.17) is 9.47 Å². The molecule has 0 spiro atoms. The molecule has 0 aliphatic carbocycles. The maximum absolute atomic E-state index is 11.9. The molecule has 1 aliphatic heterocycles. The van der Waals surface area contributed by atoms with Gasteiger partial charge in [0.2, 0.25) is 5.91 Å². The Morgan fingerprint density at radius 3 is 2.42 bits per heavy atom. The molecule has 1 N–H and O–H groups in total. The number of amides is 1. The van der Waals surface area contributed by atoms with E-state index in [1.165, 1.54) is 0 Å². The van der Waals surface area contributed by atoms with E-state index in [1.54, 1.807) is 0 Å². The van der Waals surface area contributed by atoms with E-state index in [-0.39, 0.29) is 12.3 Å². The van der Waals surface area contributed by atoms with Crippen LogP contribution in [-0.4, -0.2) is 51.4 Å². The van der Waals surface area contributed by atoms with E-state index in [9.17, 15) is 13.2 Å². The van der Waals surface area contributed by atoms with Gasteiger partial charge in [0.1, 0.15) is 5.25 Å². The molecular formula is C12H23NO5S. The molecule has 1 fully saturated rings. The highest BCUT2D eigenvalue weighted by Gasteiger charge is 2.34. The fourth-order valence-corrected chi connectivity index (χ4v) is 3.91. The minimum Gasteiger partial charge on any atom is -0.351 e. The summed E-state index contributed by atoms with van der Waals surface area (Å²) in [6.45, 7) is 4.79. The van der Waals surface area contributed by atoms with E-state index in [2.05, 4.69) is 5.32 Å². The Morgan fingerprint density at radius 2 is 1.89 bits per heavy atom. The predicted molar refractivity (Wildman–Crippen MR) is 71.5 cm³/mol. The molecule has 1 aliphatic rings. The van der Waals surface area contributed by atoms with Crippen molar-refractivity contribution in [3.63, 3.8) is 0 Å². The minimum absolute atomic E-state index is 0.103. The summed E-state index contributed by atoms with van der Waals surface area (Å²) in [6.07, 6.45) is 1.30. The molecule has 7 heteroatoms. The van der Waals surface area contributed by atoms with Crippen molar-refractivity contribution < 1.29 is 22.7 Å². The first-order chi connectivity index (χ1) is 9.01. The van der Waals surface area contributed by atoms with Crippen LogP contribution in [0.25, 0.3) is 0 Å². The topological polar surface area (TPSA) is 81.7 Å². The number of ether oxygens (including phenoxy) is 2. The molecule has 19 heavy (non-hydrogen) atoms. The van der Waals surface area contributed by atoms with Gasteiger partial charge in [-0.1, -0.05) is 6.42 Å². The first-order valence-corrected chi connectivity index (χ1v) is 8.45. The smallest absolute Gasteiger partial charge is 0.238 e. The molecule has 0 bridgehead atoms. The van der Waals surface area contributed by atoms with E-state index in [0.717, 1.165) is 6.42 Å². The molecule has 1 unspecified atom stereocenters. The van der Waals surface area contributed by atoms with Gasteiger partial charge in [-0.25, -0.2) is 8.42 Å². The molecule has 0 radical (unpaired) electrons. The summed E-state index contributed by atoms with van der Waals surface area (Å²) in [5.41, 5.74) is 0. The zero-order valence-electron chi connectivity index (χ0n) is 11.6. The Kier molecular flexibility index (Phi) is 6.74. The van der Waals surface area contributed by atoms with Crippen LogP contribution in [0.4, 0.5) is 0 Å². The Labute approximate surface area is 114 Å². The van der Waals surface area contributed by atoms with Crippen molar-refractivity contribution in [2.75, 3.05) is 25.5 Å². The number of carbonyl (C=O) groups is 1. The van der Waals surface area contributed by atoms with E-state index in [1.807, 2.05) is 13.8 Å². The molecule has 1 atom stereocenters. The van der Waals surface area contributed by atoms with E-state index >= 15 is 0 Å². The summed E-state index contributed by atoms with van der Waals surface area (Å²) in [4.78, 5) is 11.9. The van der Waals surface area contributed by atoms with Crippen molar-refractivity contribution in [1.29, 1.82) is 0 Å². The normalized spacial score (nSPS) is 22.4. The molecule has 1 amide bonds. The van der Waals surface area contributed by atoms with Gasteiger partial charge in [-0.3, -0.25) is 4.79 Å². The van der Waals surface area contributed by atoms with E-state index < -0.39 is 27.3 Å². The summed E-state index contributed by atoms with van der Waals surface area (Å²) in [5.74, 6) is -0.338. The summed E-state index contributed by atoms with van der Waals surface area (Å²) in [5, 5.41) is 1.70. The Hall–Kier alpha value is -0.660. The van der Waals surface area contributed by atoms with Crippen LogP contribution in [-0.2, 0) is 24.1 Å². The van der Waals surface area contributed by atoms with Crippen molar-refractivity contribution in [1.82, 2.24) is 5.32 Å². The quantitative estimate of drug-likeness (QED) is 0.690. The minimum atomic E-state index is -3.29. The number of sulfone groups is 1. The Morgan fingerprint density at radius 1 is 1.26 bits per heavy atom. The molecule has 1 heterocycles. The van der Waals surface area contributed by atoms with Gasteiger partial charge in [-0.2, -0.15) is 0 Å². The van der Waals surface area contributed by atoms with Gasteiger partial charge in [0.15, 0.2) is 16.1 Å². The van der Waals surface area contributed by atoms with Crippen molar-refractivity contribution in [2.24, 2.45) is 0 Å². The maximum Gasteiger partial charge on any atom is 0.238 e. The average molecular weight is 293 g/mol. The molecule has 0 aromatic heterocycles. The highest BCUT2D eigenvalue weighted by molar-refractivity contribution is 7.92. The van der Waals surface area contributed by atoms with Gasteiger partial charge in [0.05, 0.1) is 12.3 Å². The molecule has 112 valence electrons. The van der Waals surface area contributed by atoms with Gasteiger partial charge >= 0.3 is 0 Å². The zero-order chi connectivity index (χ0) is 14.3. The van der Waals surface area contributed by atoms with Gasteiger partial charge in [-0.15, -0.1) is 0 Å². The molecule has 0 aromatic rings. The first kappa shape index (κ1) is 16.4. The van der Waals surface area contributed by atoms with Gasteiger partial charge in [-0.05, 0) is 26.7 Å². The highest BCUT2D eigenvalue weighted by Crippen LogP contribution is 2.19. The lowest BCUT2D eigenvalue weighted by molar-refractivity contribution is -0.140. The first-order valence-electron chi connectivity index (χ1n) is 6.73. The van der Waals surface area contributed by atoms with Crippen molar-refractivity contribution in [2.45, 2.75) is 44.6 Å². The third kappa shape index (κ3) is 5.08. The fraction of sp³-hybridized carbons (Fsp3) is 0.917. The van der Waals surface area contributed by atoms with Crippen molar-refractivity contribution in [3.8, 4) is 0 Å². The second-order valence-electron chi connectivity index (χ2n) is 4.44. The van der Waals surface area contributed by atoms with Crippen LogP contribution in [0.5, 0.6) is 0 Å².